The van der Waals surface area contributed by atoms with Gasteiger partial charge in [-0.05, 0) is 19.3 Å². The molecule has 0 aromatic heterocycles. The molecule has 0 aliphatic carbocycles. The smallest absolute Gasteiger partial charge is 0.113 e. The van der Waals surface area contributed by atoms with Crippen molar-refractivity contribution in [1.29, 1.82) is 0 Å². The SMILES string of the molecule is CC.CC.CCC1CSC(C)(C(C)C)O1. The van der Waals surface area contributed by atoms with E-state index in [0.29, 0.717) is 12.0 Å². The van der Waals surface area contributed by atoms with Gasteiger partial charge >= 0.3 is 0 Å². The summed E-state index contributed by atoms with van der Waals surface area (Å²) >= 11 is 1.96. The fourth-order valence-corrected chi connectivity index (χ4v) is 2.52. The molecule has 0 spiro atoms. The molecule has 1 nitrogen and oxygen atoms in total. The second kappa shape index (κ2) is 9.53. The Morgan fingerprint density at radius 2 is 1.73 bits per heavy atom. The van der Waals surface area contributed by atoms with Gasteiger partial charge < -0.3 is 4.74 Å². The molecular weight excluding hydrogens is 204 g/mol. The zero-order valence-electron chi connectivity index (χ0n) is 11.9. The minimum Gasteiger partial charge on any atom is -0.360 e. The molecule has 0 saturated carbocycles. The lowest BCUT2D eigenvalue weighted by Crippen LogP contribution is -2.28. The van der Waals surface area contributed by atoms with Crippen LogP contribution in [0, 0.1) is 5.92 Å². The van der Waals surface area contributed by atoms with E-state index < -0.39 is 0 Å². The summed E-state index contributed by atoms with van der Waals surface area (Å²) in [5.41, 5.74) is 0. The van der Waals surface area contributed by atoms with E-state index in [0.717, 1.165) is 6.42 Å². The molecule has 0 aromatic rings. The fraction of sp³-hybridized carbons (Fsp3) is 1.00. The Morgan fingerprint density at radius 3 is 1.93 bits per heavy atom. The van der Waals surface area contributed by atoms with Gasteiger partial charge in [0.25, 0.3) is 0 Å². The molecule has 1 fully saturated rings. The molecule has 0 bridgehead atoms. The number of rotatable bonds is 2. The number of ether oxygens (including phenoxy) is 1. The maximum absolute atomic E-state index is 5.92. The Labute approximate surface area is 101 Å². The van der Waals surface area contributed by atoms with E-state index in [1.54, 1.807) is 0 Å². The van der Waals surface area contributed by atoms with E-state index >= 15 is 0 Å². The van der Waals surface area contributed by atoms with Crippen LogP contribution in [0.3, 0.4) is 0 Å². The van der Waals surface area contributed by atoms with Crippen molar-refractivity contribution < 1.29 is 4.74 Å². The summed E-state index contributed by atoms with van der Waals surface area (Å²) < 4.78 is 5.92. The summed E-state index contributed by atoms with van der Waals surface area (Å²) in [6, 6.07) is 0. The third-order valence-electron chi connectivity index (χ3n) is 2.46. The molecule has 15 heavy (non-hydrogen) atoms. The topological polar surface area (TPSA) is 9.23 Å². The number of hydrogen-bond donors (Lipinski definition) is 0. The zero-order valence-corrected chi connectivity index (χ0v) is 12.7. The molecule has 1 heterocycles. The van der Waals surface area contributed by atoms with Crippen molar-refractivity contribution in [3.8, 4) is 0 Å². The summed E-state index contributed by atoms with van der Waals surface area (Å²) in [6.45, 7) is 16.9. The van der Waals surface area contributed by atoms with Crippen LogP contribution in [-0.4, -0.2) is 16.8 Å². The van der Waals surface area contributed by atoms with E-state index in [9.17, 15) is 0 Å². The fourth-order valence-electron chi connectivity index (χ4n) is 1.16. The van der Waals surface area contributed by atoms with Gasteiger partial charge in [0.2, 0.25) is 0 Å². The standard InChI is InChI=1S/C9H18OS.2C2H6/c1-5-8-6-11-9(4,10-8)7(2)3;2*1-2/h7-8H,5-6H2,1-4H3;2*1-2H3. The molecule has 1 aliphatic heterocycles. The van der Waals surface area contributed by atoms with Gasteiger partial charge in [0, 0.05) is 5.75 Å². The van der Waals surface area contributed by atoms with Gasteiger partial charge in [0.15, 0.2) is 0 Å². The van der Waals surface area contributed by atoms with Crippen LogP contribution in [0.25, 0.3) is 0 Å². The Bertz CT molecular complexity index is 136. The second-order valence-electron chi connectivity index (χ2n) is 3.63. The molecule has 2 unspecified atom stereocenters. The molecule has 0 amide bonds. The predicted molar refractivity (Wildman–Crippen MR) is 73.6 cm³/mol. The van der Waals surface area contributed by atoms with Gasteiger partial charge in [-0.15, -0.1) is 11.8 Å². The highest BCUT2D eigenvalue weighted by atomic mass is 32.2. The minimum atomic E-state index is 0.0840. The van der Waals surface area contributed by atoms with E-state index in [4.69, 9.17) is 4.74 Å². The first-order valence-electron chi connectivity index (χ1n) is 6.40. The second-order valence-corrected chi connectivity index (χ2v) is 5.06. The molecule has 0 N–H and O–H groups in total. The lowest BCUT2D eigenvalue weighted by Gasteiger charge is -2.27. The van der Waals surface area contributed by atoms with E-state index in [1.165, 1.54) is 5.75 Å². The first-order valence-corrected chi connectivity index (χ1v) is 7.39. The lowest BCUT2D eigenvalue weighted by atomic mass is 10.1. The average molecular weight is 234 g/mol. The summed E-state index contributed by atoms with van der Waals surface area (Å²) in [6.07, 6.45) is 1.64. The molecule has 0 aromatic carbocycles. The Hall–Kier alpha value is 0.310. The summed E-state index contributed by atoms with van der Waals surface area (Å²) in [5, 5.41) is 0. The van der Waals surface area contributed by atoms with Crippen molar-refractivity contribution in [3.63, 3.8) is 0 Å². The van der Waals surface area contributed by atoms with Crippen molar-refractivity contribution in [1.82, 2.24) is 0 Å². The minimum absolute atomic E-state index is 0.0840. The summed E-state index contributed by atoms with van der Waals surface area (Å²) in [4.78, 5) is 0.0840. The van der Waals surface area contributed by atoms with Crippen molar-refractivity contribution in [3.05, 3.63) is 0 Å². The van der Waals surface area contributed by atoms with Gasteiger partial charge in [-0.25, -0.2) is 0 Å². The van der Waals surface area contributed by atoms with E-state index in [2.05, 4.69) is 27.7 Å². The highest BCUT2D eigenvalue weighted by molar-refractivity contribution is 8.00. The van der Waals surface area contributed by atoms with Crippen LogP contribution < -0.4 is 0 Å². The third-order valence-corrected chi connectivity index (χ3v) is 4.14. The molecule has 1 saturated heterocycles. The van der Waals surface area contributed by atoms with Crippen molar-refractivity contribution >= 4 is 11.8 Å². The quantitative estimate of drug-likeness (QED) is 0.668. The molecule has 1 rings (SSSR count). The van der Waals surface area contributed by atoms with Crippen molar-refractivity contribution in [2.24, 2.45) is 5.92 Å². The summed E-state index contributed by atoms with van der Waals surface area (Å²) in [7, 11) is 0. The van der Waals surface area contributed by atoms with Gasteiger partial charge in [-0.3, -0.25) is 0 Å². The third kappa shape index (κ3) is 5.82. The molecule has 2 heteroatoms. The van der Waals surface area contributed by atoms with Gasteiger partial charge in [0.05, 0.1) is 6.10 Å². The van der Waals surface area contributed by atoms with Crippen LogP contribution in [0.4, 0.5) is 0 Å². The summed E-state index contributed by atoms with van der Waals surface area (Å²) in [5.74, 6) is 1.79. The molecule has 94 valence electrons. The van der Waals surface area contributed by atoms with Crippen LogP contribution >= 0.6 is 11.8 Å². The normalized spacial score (nSPS) is 29.0. The average Bonchev–Trinajstić information content (AvgIpc) is 2.68. The predicted octanol–water partition coefficient (Wildman–Crippen LogP) is 4.95. The van der Waals surface area contributed by atoms with E-state index in [1.807, 2.05) is 39.5 Å². The van der Waals surface area contributed by atoms with Crippen LogP contribution in [0.2, 0.25) is 0 Å². The van der Waals surface area contributed by atoms with Crippen molar-refractivity contribution in [2.45, 2.75) is 72.8 Å². The van der Waals surface area contributed by atoms with Gasteiger partial charge in [-0.1, -0.05) is 48.5 Å². The Balaban J connectivity index is 0. The first-order chi connectivity index (χ1) is 7.08. The largest absolute Gasteiger partial charge is 0.360 e. The molecule has 2 atom stereocenters. The van der Waals surface area contributed by atoms with Gasteiger partial charge in [0.1, 0.15) is 4.93 Å². The highest BCUT2D eigenvalue weighted by Gasteiger charge is 2.38. The maximum Gasteiger partial charge on any atom is 0.113 e. The zero-order chi connectivity index (χ0) is 12.5. The number of thioether (sulfide) groups is 1. The first kappa shape index (κ1) is 17.7. The highest BCUT2D eigenvalue weighted by Crippen LogP contribution is 2.42. The Morgan fingerprint density at radius 1 is 1.27 bits per heavy atom. The number of hydrogen-bond acceptors (Lipinski definition) is 2. The molecule has 0 radical (unpaired) electrons. The Kier molecular flexibility index (Phi) is 11.2. The lowest BCUT2D eigenvalue weighted by molar-refractivity contribution is -0.0234. The maximum atomic E-state index is 5.92. The van der Waals surface area contributed by atoms with Gasteiger partial charge in [-0.2, -0.15) is 0 Å². The molecular formula is C13H30OS. The van der Waals surface area contributed by atoms with Crippen molar-refractivity contribution in [2.75, 3.05) is 5.75 Å². The monoisotopic (exact) mass is 234 g/mol. The van der Waals surface area contributed by atoms with Crippen LogP contribution in [0.15, 0.2) is 0 Å². The molecule has 1 aliphatic rings. The van der Waals surface area contributed by atoms with Crippen LogP contribution in [-0.2, 0) is 4.74 Å². The van der Waals surface area contributed by atoms with E-state index in [-0.39, 0.29) is 4.93 Å². The van der Waals surface area contributed by atoms with Crippen LogP contribution in [0.5, 0.6) is 0 Å². The van der Waals surface area contributed by atoms with Crippen LogP contribution in [0.1, 0.15) is 61.8 Å².